The van der Waals surface area contributed by atoms with Crippen LogP contribution in [0.3, 0.4) is 0 Å². The lowest BCUT2D eigenvalue weighted by Crippen LogP contribution is -2.41. The quantitative estimate of drug-likeness (QED) is 0.794. The van der Waals surface area contributed by atoms with Crippen molar-refractivity contribution >= 4 is 33.4 Å². The standard InChI is InChI=1S/C18H19BrClNO2/c1-18(2,13-5-7-14(19)8-6-13)17(23)21-11-16(22)12-3-9-15(20)10-4-12/h3-10,16,22H,11H2,1-2H3,(H,21,23). The number of carbonyl (C=O) groups excluding carboxylic acids is 1. The van der Waals surface area contributed by atoms with Gasteiger partial charge in [0.15, 0.2) is 0 Å². The summed E-state index contributed by atoms with van der Waals surface area (Å²) in [6.07, 6.45) is -0.767. The van der Waals surface area contributed by atoms with E-state index in [0.717, 1.165) is 15.6 Å². The fourth-order valence-electron chi connectivity index (χ4n) is 2.21. The van der Waals surface area contributed by atoms with Crippen LogP contribution in [0, 0.1) is 0 Å². The number of nitrogens with one attached hydrogen (secondary N) is 1. The van der Waals surface area contributed by atoms with E-state index in [-0.39, 0.29) is 12.5 Å². The molecular formula is C18H19BrClNO2. The van der Waals surface area contributed by atoms with E-state index in [0.29, 0.717) is 5.02 Å². The monoisotopic (exact) mass is 395 g/mol. The zero-order chi connectivity index (χ0) is 17.0. The molecule has 2 aromatic rings. The summed E-state index contributed by atoms with van der Waals surface area (Å²) in [4.78, 5) is 12.5. The van der Waals surface area contributed by atoms with Crippen LogP contribution in [0.2, 0.25) is 5.02 Å². The van der Waals surface area contributed by atoms with E-state index >= 15 is 0 Å². The third kappa shape index (κ3) is 4.56. The topological polar surface area (TPSA) is 49.3 Å². The minimum Gasteiger partial charge on any atom is -0.387 e. The second kappa shape index (κ2) is 7.47. The maximum atomic E-state index is 12.5. The van der Waals surface area contributed by atoms with Crippen molar-refractivity contribution in [2.75, 3.05) is 6.54 Å². The van der Waals surface area contributed by atoms with Crippen molar-refractivity contribution in [2.24, 2.45) is 0 Å². The number of carbonyl (C=O) groups is 1. The summed E-state index contributed by atoms with van der Waals surface area (Å²) in [5.41, 5.74) is 0.954. The van der Waals surface area contributed by atoms with Crippen molar-refractivity contribution in [3.63, 3.8) is 0 Å². The van der Waals surface area contributed by atoms with E-state index in [4.69, 9.17) is 11.6 Å². The van der Waals surface area contributed by atoms with Crippen molar-refractivity contribution < 1.29 is 9.90 Å². The second-order valence-corrected chi connectivity index (χ2v) is 7.26. The second-order valence-electron chi connectivity index (χ2n) is 5.91. The Morgan fingerprint density at radius 2 is 1.74 bits per heavy atom. The molecule has 0 saturated heterocycles. The molecule has 0 aliphatic rings. The number of hydrogen-bond donors (Lipinski definition) is 2. The molecule has 2 rings (SSSR count). The highest BCUT2D eigenvalue weighted by Gasteiger charge is 2.29. The number of aliphatic hydroxyl groups is 1. The summed E-state index contributed by atoms with van der Waals surface area (Å²) in [5, 5.41) is 13.6. The van der Waals surface area contributed by atoms with Crippen molar-refractivity contribution in [1.29, 1.82) is 0 Å². The van der Waals surface area contributed by atoms with Gasteiger partial charge in [0.05, 0.1) is 11.5 Å². The summed E-state index contributed by atoms with van der Waals surface area (Å²) in [6, 6.07) is 14.6. The predicted octanol–water partition coefficient (Wildman–Crippen LogP) is 4.23. The van der Waals surface area contributed by atoms with Crippen LogP contribution in [-0.4, -0.2) is 17.6 Å². The van der Waals surface area contributed by atoms with Crippen LogP contribution in [0.4, 0.5) is 0 Å². The van der Waals surface area contributed by atoms with E-state index in [2.05, 4.69) is 21.2 Å². The van der Waals surface area contributed by atoms with Gasteiger partial charge in [-0.25, -0.2) is 0 Å². The largest absolute Gasteiger partial charge is 0.387 e. The SMILES string of the molecule is CC(C)(C(=O)NCC(O)c1ccc(Cl)cc1)c1ccc(Br)cc1. The summed E-state index contributed by atoms with van der Waals surface area (Å²) in [5.74, 6) is -0.132. The van der Waals surface area contributed by atoms with E-state index in [1.54, 1.807) is 24.3 Å². The van der Waals surface area contributed by atoms with E-state index < -0.39 is 11.5 Å². The van der Waals surface area contributed by atoms with Gasteiger partial charge in [-0.1, -0.05) is 51.8 Å². The Labute approximate surface area is 149 Å². The molecule has 2 aromatic carbocycles. The first-order chi connectivity index (χ1) is 10.8. The Bertz CT molecular complexity index is 668. The number of halogens is 2. The van der Waals surface area contributed by atoms with Crippen LogP contribution in [0.15, 0.2) is 53.0 Å². The van der Waals surface area contributed by atoms with Gasteiger partial charge in [-0.3, -0.25) is 4.79 Å². The lowest BCUT2D eigenvalue weighted by Gasteiger charge is -2.25. The van der Waals surface area contributed by atoms with Crippen LogP contribution in [0.25, 0.3) is 0 Å². The smallest absolute Gasteiger partial charge is 0.230 e. The Morgan fingerprint density at radius 1 is 1.17 bits per heavy atom. The van der Waals surface area contributed by atoms with Crippen molar-refractivity contribution in [2.45, 2.75) is 25.4 Å². The van der Waals surface area contributed by atoms with Crippen LogP contribution in [0.1, 0.15) is 31.1 Å². The molecule has 0 spiro atoms. The van der Waals surface area contributed by atoms with Gasteiger partial charge in [-0.05, 0) is 49.2 Å². The van der Waals surface area contributed by atoms with Gasteiger partial charge < -0.3 is 10.4 Å². The molecule has 3 nitrogen and oxygen atoms in total. The molecule has 5 heteroatoms. The third-order valence-corrected chi connectivity index (χ3v) is 4.62. The summed E-state index contributed by atoms with van der Waals surface area (Å²) < 4.78 is 0.968. The lowest BCUT2D eigenvalue weighted by atomic mass is 9.83. The number of hydrogen-bond acceptors (Lipinski definition) is 2. The van der Waals surface area contributed by atoms with E-state index in [1.807, 2.05) is 38.1 Å². The average molecular weight is 397 g/mol. The number of rotatable bonds is 5. The maximum Gasteiger partial charge on any atom is 0.230 e. The minimum absolute atomic E-state index is 0.132. The first-order valence-corrected chi connectivity index (χ1v) is 8.45. The molecular weight excluding hydrogens is 378 g/mol. The van der Waals surface area contributed by atoms with Crippen LogP contribution < -0.4 is 5.32 Å². The van der Waals surface area contributed by atoms with E-state index in [9.17, 15) is 9.90 Å². The Hall–Kier alpha value is -1.36. The highest BCUT2D eigenvalue weighted by atomic mass is 79.9. The van der Waals surface area contributed by atoms with Gasteiger partial charge in [0.2, 0.25) is 5.91 Å². The highest BCUT2D eigenvalue weighted by molar-refractivity contribution is 9.10. The van der Waals surface area contributed by atoms with Crippen molar-refractivity contribution in [1.82, 2.24) is 5.32 Å². The molecule has 0 bridgehead atoms. The zero-order valence-electron chi connectivity index (χ0n) is 13.0. The Kier molecular flexibility index (Phi) is 5.84. The van der Waals surface area contributed by atoms with Crippen LogP contribution >= 0.6 is 27.5 Å². The molecule has 1 atom stereocenters. The van der Waals surface area contributed by atoms with E-state index in [1.165, 1.54) is 0 Å². The molecule has 0 aliphatic heterocycles. The summed E-state index contributed by atoms with van der Waals surface area (Å²) in [7, 11) is 0. The molecule has 2 N–H and O–H groups in total. The fraction of sp³-hybridized carbons (Fsp3) is 0.278. The molecule has 0 aliphatic carbocycles. The molecule has 0 radical (unpaired) electrons. The number of amides is 1. The predicted molar refractivity (Wildman–Crippen MR) is 96.6 cm³/mol. The zero-order valence-corrected chi connectivity index (χ0v) is 15.4. The molecule has 0 saturated carbocycles. The van der Waals surface area contributed by atoms with Gasteiger partial charge in [0.1, 0.15) is 0 Å². The number of benzene rings is 2. The van der Waals surface area contributed by atoms with Crippen LogP contribution in [-0.2, 0) is 10.2 Å². The first kappa shape index (κ1) is 18.0. The fourth-order valence-corrected chi connectivity index (χ4v) is 2.60. The molecule has 1 unspecified atom stereocenters. The number of aliphatic hydroxyl groups excluding tert-OH is 1. The molecule has 122 valence electrons. The molecule has 0 fully saturated rings. The minimum atomic E-state index is -0.767. The lowest BCUT2D eigenvalue weighted by molar-refractivity contribution is -0.126. The molecule has 0 aromatic heterocycles. The summed E-state index contributed by atoms with van der Waals surface area (Å²) in [6.45, 7) is 3.88. The maximum absolute atomic E-state index is 12.5. The third-order valence-electron chi connectivity index (χ3n) is 3.84. The molecule has 23 heavy (non-hydrogen) atoms. The highest BCUT2D eigenvalue weighted by Crippen LogP contribution is 2.25. The Balaban J connectivity index is 2.00. The molecule has 1 amide bonds. The van der Waals surface area contributed by atoms with Gasteiger partial charge in [-0.15, -0.1) is 0 Å². The van der Waals surface area contributed by atoms with Gasteiger partial charge in [-0.2, -0.15) is 0 Å². The van der Waals surface area contributed by atoms with Gasteiger partial charge in [0, 0.05) is 16.0 Å². The summed E-state index contributed by atoms with van der Waals surface area (Å²) >= 11 is 9.21. The first-order valence-electron chi connectivity index (χ1n) is 7.28. The van der Waals surface area contributed by atoms with Crippen LogP contribution in [0.5, 0.6) is 0 Å². The van der Waals surface area contributed by atoms with Gasteiger partial charge >= 0.3 is 0 Å². The van der Waals surface area contributed by atoms with Crippen molar-refractivity contribution in [3.05, 3.63) is 69.2 Å². The normalized spacial score (nSPS) is 12.7. The molecule has 0 heterocycles. The average Bonchev–Trinajstić information content (AvgIpc) is 2.53. The van der Waals surface area contributed by atoms with Gasteiger partial charge in [0.25, 0.3) is 0 Å². The Morgan fingerprint density at radius 3 is 2.30 bits per heavy atom. The van der Waals surface area contributed by atoms with Crippen molar-refractivity contribution in [3.8, 4) is 0 Å².